The molecule has 3 amide bonds. The van der Waals surface area contributed by atoms with Gasteiger partial charge in [0.05, 0.1) is 25.8 Å². The van der Waals surface area contributed by atoms with Gasteiger partial charge in [-0.3, -0.25) is 0 Å². The van der Waals surface area contributed by atoms with Crippen LogP contribution in [0.1, 0.15) is 77.3 Å². The third-order valence-corrected chi connectivity index (χ3v) is 10.4. The van der Waals surface area contributed by atoms with Crippen molar-refractivity contribution in [1.82, 2.24) is 29.3 Å². The second-order valence-electron chi connectivity index (χ2n) is 15.9. The third kappa shape index (κ3) is 8.00. The zero-order valence-electron chi connectivity index (χ0n) is 30.8. The average Bonchev–Trinajstić information content (AvgIpc) is 3.61. The van der Waals surface area contributed by atoms with E-state index in [-0.39, 0.29) is 60.9 Å². The minimum atomic E-state index is -0.571. The van der Waals surface area contributed by atoms with Crippen LogP contribution < -0.4 is 10.1 Å². The van der Waals surface area contributed by atoms with Gasteiger partial charge in [0.15, 0.2) is 5.65 Å². The normalized spacial score (nSPS) is 23.4. The number of carbonyl (C=O) groups excluding carboxylic acids is 3. The minimum absolute atomic E-state index is 0.130. The molecule has 1 N–H and O–H groups in total. The van der Waals surface area contributed by atoms with Crippen LogP contribution in [0.5, 0.6) is 5.88 Å². The highest BCUT2D eigenvalue weighted by Crippen LogP contribution is 2.40. The monoisotopic (exact) mass is 717 g/mol. The molecule has 2 bridgehead atoms. The van der Waals surface area contributed by atoms with Crippen molar-refractivity contribution in [2.24, 2.45) is 11.8 Å². The second kappa shape index (κ2) is 14.7. The summed E-state index contributed by atoms with van der Waals surface area (Å²) in [4.78, 5) is 48.5. The Morgan fingerprint density at radius 2 is 1.58 bits per heavy atom. The van der Waals surface area contributed by atoms with Gasteiger partial charge in [-0.2, -0.15) is 14.6 Å². The molecule has 3 aromatic rings. The highest BCUT2D eigenvalue weighted by Gasteiger charge is 2.45. The molecule has 14 nitrogen and oxygen atoms in total. The summed E-state index contributed by atoms with van der Waals surface area (Å²) < 4.78 is 25.2. The van der Waals surface area contributed by atoms with E-state index in [2.05, 4.69) is 19.2 Å². The van der Waals surface area contributed by atoms with Crippen molar-refractivity contribution in [3.05, 3.63) is 53.7 Å². The molecule has 4 aliphatic rings. The van der Waals surface area contributed by atoms with E-state index in [1.54, 1.807) is 9.80 Å². The molecule has 280 valence electrons. The van der Waals surface area contributed by atoms with Gasteiger partial charge in [0.1, 0.15) is 30.2 Å². The van der Waals surface area contributed by atoms with Crippen molar-refractivity contribution in [2.45, 2.75) is 96.7 Å². The maximum absolute atomic E-state index is 13.2. The standard InChI is InChI=1S/C38H51N7O7/c1-24(2)30-17-39-45-31(16-32(41-34(30)45)50-28-12-9-15-42(20-28)35(46)49-23-25-10-7-6-8-11-25)40-33-26-13-14-27(33)19-43(18-26)36(47)51-29-21-44(22-29)37(48)52-38(3,4)5/h6-8,10-11,16-17,24,26-29,33,40H,9,12-15,18-23H2,1-5H3/t26?,27?,28-,33?/m1/s1. The maximum Gasteiger partial charge on any atom is 0.410 e. The van der Waals surface area contributed by atoms with E-state index in [9.17, 15) is 14.4 Å². The number of benzene rings is 1. The molecule has 1 aromatic carbocycles. The summed E-state index contributed by atoms with van der Waals surface area (Å²) in [5.41, 5.74) is 2.13. The van der Waals surface area contributed by atoms with Crippen LogP contribution in [-0.4, -0.2) is 111 Å². The molecular formula is C38H51N7O7. The molecule has 3 atom stereocenters. The Morgan fingerprint density at radius 3 is 2.27 bits per heavy atom. The minimum Gasteiger partial charge on any atom is -0.472 e. The third-order valence-electron chi connectivity index (χ3n) is 10.4. The molecule has 52 heavy (non-hydrogen) atoms. The van der Waals surface area contributed by atoms with E-state index >= 15 is 0 Å². The maximum atomic E-state index is 13.2. The highest BCUT2D eigenvalue weighted by atomic mass is 16.6. The largest absolute Gasteiger partial charge is 0.472 e. The molecule has 5 heterocycles. The highest BCUT2D eigenvalue weighted by molar-refractivity contribution is 5.71. The van der Waals surface area contributed by atoms with E-state index in [4.69, 9.17) is 29.0 Å². The number of aromatic nitrogens is 3. The predicted octanol–water partition coefficient (Wildman–Crippen LogP) is 5.91. The lowest BCUT2D eigenvalue weighted by Crippen LogP contribution is -2.58. The van der Waals surface area contributed by atoms with Gasteiger partial charge in [0.2, 0.25) is 5.88 Å². The molecule has 1 saturated carbocycles. The topological polar surface area (TPSA) is 140 Å². The molecule has 1 aliphatic carbocycles. The number of likely N-dealkylation sites (tertiary alicyclic amines) is 3. The smallest absolute Gasteiger partial charge is 0.410 e. The molecule has 7 rings (SSSR count). The van der Waals surface area contributed by atoms with Gasteiger partial charge < -0.3 is 39.0 Å². The lowest BCUT2D eigenvalue weighted by atomic mass is 9.92. The number of ether oxygens (including phenoxy) is 4. The van der Waals surface area contributed by atoms with E-state index in [1.807, 2.05) is 72.8 Å². The molecule has 4 fully saturated rings. The summed E-state index contributed by atoms with van der Waals surface area (Å²) in [5, 5.41) is 8.51. The van der Waals surface area contributed by atoms with Crippen molar-refractivity contribution < 1.29 is 33.3 Å². The van der Waals surface area contributed by atoms with Crippen LogP contribution in [0.3, 0.4) is 0 Å². The number of amides is 3. The SMILES string of the molecule is CC(C)c1cnn2c(NC3C4CCC3CN(C(=O)OC3CN(C(=O)OC(C)(C)C)C3)C4)cc(O[C@@H]3CCCN(C(=O)OCc4ccccc4)C3)nc12. The Kier molecular flexibility index (Phi) is 10.1. The summed E-state index contributed by atoms with van der Waals surface area (Å²) in [7, 11) is 0. The van der Waals surface area contributed by atoms with Crippen LogP contribution in [0.25, 0.3) is 5.65 Å². The lowest BCUT2D eigenvalue weighted by Gasteiger charge is -2.42. The van der Waals surface area contributed by atoms with E-state index in [1.165, 1.54) is 0 Å². The number of hydrogen-bond acceptors (Lipinski definition) is 10. The van der Waals surface area contributed by atoms with Crippen LogP contribution in [0.2, 0.25) is 0 Å². The molecule has 2 unspecified atom stereocenters. The summed E-state index contributed by atoms with van der Waals surface area (Å²) in [6.45, 7) is 12.8. The number of anilines is 1. The van der Waals surface area contributed by atoms with Gasteiger partial charge in [0, 0.05) is 37.3 Å². The van der Waals surface area contributed by atoms with Crippen molar-refractivity contribution in [3.8, 4) is 5.88 Å². The summed E-state index contributed by atoms with van der Waals surface area (Å²) in [5.74, 6) is 1.93. The first-order valence-corrected chi connectivity index (χ1v) is 18.6. The number of nitrogens with one attached hydrogen (secondary N) is 1. The second-order valence-corrected chi connectivity index (χ2v) is 15.9. The van der Waals surface area contributed by atoms with Gasteiger partial charge in [-0.15, -0.1) is 0 Å². The fraction of sp³-hybridized carbons (Fsp3) is 0.605. The first kappa shape index (κ1) is 35.6. The van der Waals surface area contributed by atoms with Gasteiger partial charge in [0.25, 0.3) is 0 Å². The number of carbonyl (C=O) groups is 3. The number of rotatable bonds is 8. The van der Waals surface area contributed by atoms with Crippen LogP contribution in [0.15, 0.2) is 42.6 Å². The zero-order chi connectivity index (χ0) is 36.6. The van der Waals surface area contributed by atoms with Crippen LogP contribution in [0.4, 0.5) is 20.2 Å². The lowest BCUT2D eigenvalue weighted by molar-refractivity contribution is -0.0461. The Bertz CT molecular complexity index is 1740. The molecule has 3 aliphatic heterocycles. The fourth-order valence-corrected chi connectivity index (χ4v) is 7.69. The van der Waals surface area contributed by atoms with Crippen molar-refractivity contribution in [1.29, 1.82) is 0 Å². The van der Waals surface area contributed by atoms with E-state index in [0.29, 0.717) is 45.1 Å². The van der Waals surface area contributed by atoms with Gasteiger partial charge in [-0.1, -0.05) is 44.2 Å². The van der Waals surface area contributed by atoms with E-state index in [0.717, 1.165) is 48.3 Å². The molecule has 3 saturated heterocycles. The van der Waals surface area contributed by atoms with Crippen LogP contribution >= 0.6 is 0 Å². The average molecular weight is 718 g/mol. The van der Waals surface area contributed by atoms with Gasteiger partial charge in [-0.05, 0) is 69.8 Å². The molecular weight excluding hydrogens is 666 g/mol. The molecule has 0 radical (unpaired) electrons. The Hall–Kier alpha value is -4.75. The number of fused-ring (bicyclic) bond motifs is 3. The van der Waals surface area contributed by atoms with Gasteiger partial charge >= 0.3 is 18.3 Å². The Labute approximate surface area is 304 Å². The fourth-order valence-electron chi connectivity index (χ4n) is 7.69. The number of nitrogens with zero attached hydrogens (tertiary/aromatic N) is 6. The van der Waals surface area contributed by atoms with Crippen LogP contribution in [-0.2, 0) is 20.8 Å². The first-order valence-electron chi connectivity index (χ1n) is 18.6. The Balaban J connectivity index is 0.985. The first-order chi connectivity index (χ1) is 24.9. The molecule has 0 spiro atoms. The number of piperidine rings is 2. The Morgan fingerprint density at radius 1 is 0.885 bits per heavy atom. The van der Waals surface area contributed by atoms with Crippen molar-refractivity contribution >= 4 is 29.7 Å². The zero-order valence-corrected chi connectivity index (χ0v) is 30.8. The number of hydrogen-bond donors (Lipinski definition) is 1. The quantitative estimate of drug-likeness (QED) is 0.280. The van der Waals surface area contributed by atoms with Crippen molar-refractivity contribution in [3.63, 3.8) is 0 Å². The molecule has 2 aromatic heterocycles. The van der Waals surface area contributed by atoms with E-state index < -0.39 is 5.60 Å². The predicted molar refractivity (Wildman–Crippen MR) is 192 cm³/mol. The van der Waals surface area contributed by atoms with Crippen LogP contribution in [0, 0.1) is 11.8 Å². The summed E-state index contributed by atoms with van der Waals surface area (Å²) in [6.07, 6.45) is 3.83. The van der Waals surface area contributed by atoms with Crippen molar-refractivity contribution in [2.75, 3.05) is 44.6 Å². The summed E-state index contributed by atoms with van der Waals surface area (Å²) >= 11 is 0. The van der Waals surface area contributed by atoms with Gasteiger partial charge in [-0.25, -0.2) is 14.4 Å². The molecule has 14 heteroatoms. The summed E-state index contributed by atoms with van der Waals surface area (Å²) in [6, 6.07) is 11.7.